The number of amides is 1. The van der Waals surface area contributed by atoms with E-state index in [2.05, 4.69) is 20.8 Å². The van der Waals surface area contributed by atoms with Crippen LogP contribution in [0, 0.1) is 6.92 Å². The predicted octanol–water partition coefficient (Wildman–Crippen LogP) is 5.94. The molecule has 0 bridgehead atoms. The van der Waals surface area contributed by atoms with Gasteiger partial charge in [-0.25, -0.2) is 0 Å². The van der Waals surface area contributed by atoms with E-state index in [0.717, 1.165) is 16.7 Å². The van der Waals surface area contributed by atoms with Crippen LogP contribution in [0.3, 0.4) is 0 Å². The fourth-order valence-corrected chi connectivity index (χ4v) is 4.51. The zero-order valence-corrected chi connectivity index (χ0v) is 21.5. The van der Waals surface area contributed by atoms with Gasteiger partial charge in [0.25, 0.3) is 11.7 Å². The van der Waals surface area contributed by atoms with Crippen LogP contribution in [-0.2, 0) is 15.0 Å². The summed E-state index contributed by atoms with van der Waals surface area (Å²) in [5.74, 6) is -0.475. The first-order chi connectivity index (χ1) is 17.1. The van der Waals surface area contributed by atoms with Gasteiger partial charge in [0.15, 0.2) is 0 Å². The highest BCUT2D eigenvalue weighted by atomic mass is 16.5. The van der Waals surface area contributed by atoms with Crippen LogP contribution >= 0.6 is 0 Å². The third-order valence-electron chi connectivity index (χ3n) is 6.56. The molecule has 6 heteroatoms. The van der Waals surface area contributed by atoms with Gasteiger partial charge in [-0.15, -0.1) is 0 Å². The van der Waals surface area contributed by atoms with Crippen LogP contribution in [0.15, 0.2) is 72.3 Å². The number of ether oxygens (including phenoxy) is 2. The maximum Gasteiger partial charge on any atom is 0.300 e. The Balaban J connectivity index is 1.94. The summed E-state index contributed by atoms with van der Waals surface area (Å²) in [7, 11) is 3.11. The fraction of sp³-hybridized carbons (Fsp3) is 0.267. The van der Waals surface area contributed by atoms with E-state index in [9.17, 15) is 14.7 Å². The number of aryl methyl sites for hydroxylation is 1. The molecule has 1 saturated heterocycles. The molecule has 186 valence electrons. The lowest BCUT2D eigenvalue weighted by molar-refractivity contribution is -0.132. The lowest BCUT2D eigenvalue weighted by atomic mass is 9.85. The SMILES string of the molecule is COc1cccc(N2C(=O)C(=O)/C(=C(\O)c3ccc(OC)cc3C)C2c2ccc(C(C)(C)C)cc2)c1. The van der Waals surface area contributed by atoms with Crippen molar-refractivity contribution in [1.29, 1.82) is 0 Å². The lowest BCUT2D eigenvalue weighted by Gasteiger charge is -2.27. The van der Waals surface area contributed by atoms with Gasteiger partial charge in [0, 0.05) is 17.3 Å². The number of aliphatic hydroxyl groups is 1. The summed E-state index contributed by atoms with van der Waals surface area (Å²) >= 11 is 0. The summed E-state index contributed by atoms with van der Waals surface area (Å²) in [5.41, 5.74) is 3.52. The third-order valence-corrected chi connectivity index (χ3v) is 6.56. The van der Waals surface area contributed by atoms with E-state index in [0.29, 0.717) is 22.7 Å². The highest BCUT2D eigenvalue weighted by Crippen LogP contribution is 2.43. The molecule has 3 aromatic rings. The molecule has 0 aliphatic carbocycles. The van der Waals surface area contributed by atoms with E-state index in [1.807, 2.05) is 31.2 Å². The molecule has 0 aromatic heterocycles. The van der Waals surface area contributed by atoms with Crippen LogP contribution in [-0.4, -0.2) is 31.0 Å². The first-order valence-electron chi connectivity index (χ1n) is 11.8. The molecular weight excluding hydrogens is 454 g/mol. The molecule has 1 unspecified atom stereocenters. The highest BCUT2D eigenvalue weighted by molar-refractivity contribution is 6.51. The number of ketones is 1. The largest absolute Gasteiger partial charge is 0.507 e. The molecule has 1 aliphatic heterocycles. The topological polar surface area (TPSA) is 76.1 Å². The molecule has 6 nitrogen and oxygen atoms in total. The van der Waals surface area contributed by atoms with Gasteiger partial charge in [-0.1, -0.05) is 51.1 Å². The minimum Gasteiger partial charge on any atom is -0.507 e. The fourth-order valence-electron chi connectivity index (χ4n) is 4.51. The van der Waals surface area contributed by atoms with Crippen LogP contribution in [0.25, 0.3) is 5.76 Å². The van der Waals surface area contributed by atoms with Crippen molar-refractivity contribution in [2.24, 2.45) is 0 Å². The molecule has 3 aromatic carbocycles. The number of carbonyl (C=O) groups is 2. The van der Waals surface area contributed by atoms with Crippen LogP contribution in [0.2, 0.25) is 0 Å². The number of carbonyl (C=O) groups excluding carboxylic acids is 2. The zero-order valence-electron chi connectivity index (χ0n) is 21.5. The quantitative estimate of drug-likeness (QED) is 0.275. The van der Waals surface area contributed by atoms with Gasteiger partial charge in [-0.3, -0.25) is 14.5 Å². The van der Waals surface area contributed by atoms with Gasteiger partial charge in [0.1, 0.15) is 17.3 Å². The van der Waals surface area contributed by atoms with Crippen molar-refractivity contribution in [3.05, 3.63) is 94.6 Å². The first kappa shape index (κ1) is 25.0. The molecule has 1 heterocycles. The molecule has 0 radical (unpaired) electrons. The summed E-state index contributed by atoms with van der Waals surface area (Å²) in [6.45, 7) is 8.19. The van der Waals surface area contributed by atoms with Gasteiger partial charge in [0.2, 0.25) is 0 Å². The average Bonchev–Trinajstić information content (AvgIpc) is 3.13. The Bertz CT molecular complexity index is 1350. The molecule has 0 saturated carbocycles. The van der Waals surface area contributed by atoms with E-state index < -0.39 is 17.7 Å². The molecule has 1 N–H and O–H groups in total. The minimum absolute atomic E-state index is 0.0413. The summed E-state index contributed by atoms with van der Waals surface area (Å²) in [4.78, 5) is 28.3. The monoisotopic (exact) mass is 485 g/mol. The van der Waals surface area contributed by atoms with E-state index in [1.165, 1.54) is 4.90 Å². The number of rotatable bonds is 5. The summed E-state index contributed by atoms with van der Waals surface area (Å²) in [6, 6.07) is 19.2. The molecular formula is C30H31NO5. The zero-order chi connectivity index (χ0) is 26.2. The second-order valence-electron chi connectivity index (χ2n) is 9.92. The van der Waals surface area contributed by atoms with Crippen molar-refractivity contribution in [1.82, 2.24) is 0 Å². The minimum atomic E-state index is -0.812. The van der Waals surface area contributed by atoms with Crippen molar-refractivity contribution in [3.8, 4) is 11.5 Å². The van der Waals surface area contributed by atoms with Gasteiger partial charge < -0.3 is 14.6 Å². The van der Waals surface area contributed by atoms with Gasteiger partial charge in [-0.2, -0.15) is 0 Å². The maximum absolute atomic E-state index is 13.4. The van der Waals surface area contributed by atoms with Gasteiger partial charge in [0.05, 0.1) is 25.8 Å². The number of aliphatic hydroxyl groups excluding tert-OH is 1. The maximum atomic E-state index is 13.4. The summed E-state index contributed by atoms with van der Waals surface area (Å²) < 4.78 is 10.6. The predicted molar refractivity (Wildman–Crippen MR) is 141 cm³/mol. The first-order valence-corrected chi connectivity index (χ1v) is 11.8. The van der Waals surface area contributed by atoms with E-state index >= 15 is 0 Å². The van der Waals surface area contributed by atoms with Crippen LogP contribution in [0.5, 0.6) is 11.5 Å². The summed E-state index contributed by atoms with van der Waals surface area (Å²) in [5, 5.41) is 11.4. The van der Waals surface area contributed by atoms with Crippen LogP contribution < -0.4 is 14.4 Å². The number of methoxy groups -OCH3 is 2. The molecule has 1 atom stereocenters. The second kappa shape index (κ2) is 9.53. The molecule has 1 amide bonds. The average molecular weight is 486 g/mol. The second-order valence-corrected chi connectivity index (χ2v) is 9.92. The molecule has 0 spiro atoms. The van der Waals surface area contributed by atoms with Crippen LogP contribution in [0.4, 0.5) is 5.69 Å². The van der Waals surface area contributed by atoms with Gasteiger partial charge >= 0.3 is 0 Å². The Labute approximate surface area is 211 Å². The molecule has 4 rings (SSSR count). The Morgan fingerprint density at radius 1 is 0.889 bits per heavy atom. The number of hydrogen-bond acceptors (Lipinski definition) is 5. The Morgan fingerprint density at radius 3 is 2.11 bits per heavy atom. The Kier molecular flexibility index (Phi) is 6.63. The van der Waals surface area contributed by atoms with Crippen molar-refractivity contribution < 1.29 is 24.2 Å². The van der Waals surface area contributed by atoms with Crippen molar-refractivity contribution >= 4 is 23.1 Å². The van der Waals surface area contributed by atoms with Crippen molar-refractivity contribution in [3.63, 3.8) is 0 Å². The summed E-state index contributed by atoms with van der Waals surface area (Å²) in [6.07, 6.45) is 0. The normalized spacial score (nSPS) is 17.4. The van der Waals surface area contributed by atoms with E-state index in [-0.39, 0.29) is 16.7 Å². The number of Topliss-reactive ketones (excluding diaryl/α,β-unsaturated/α-hetero) is 1. The number of benzene rings is 3. The Morgan fingerprint density at radius 2 is 1.53 bits per heavy atom. The highest BCUT2D eigenvalue weighted by Gasteiger charge is 2.47. The molecule has 36 heavy (non-hydrogen) atoms. The number of nitrogens with zero attached hydrogens (tertiary/aromatic N) is 1. The van der Waals surface area contributed by atoms with Crippen molar-refractivity contribution in [2.45, 2.75) is 39.2 Å². The standard InChI is InChI=1S/C30H31NO5/c1-18-16-23(36-6)14-15-24(18)27(32)25-26(19-10-12-20(13-11-19)30(2,3)4)31(29(34)28(25)33)21-8-7-9-22(17-21)35-5/h7-17,26,32H,1-6H3/b27-25-. The van der Waals surface area contributed by atoms with E-state index in [4.69, 9.17) is 9.47 Å². The third kappa shape index (κ3) is 4.47. The van der Waals surface area contributed by atoms with Gasteiger partial charge in [-0.05, 0) is 59.4 Å². The van der Waals surface area contributed by atoms with E-state index in [1.54, 1.807) is 56.7 Å². The molecule has 1 fully saturated rings. The number of anilines is 1. The Hall–Kier alpha value is -4.06. The molecule has 1 aliphatic rings. The number of hydrogen-bond donors (Lipinski definition) is 1. The lowest BCUT2D eigenvalue weighted by Crippen LogP contribution is -2.29. The smallest absolute Gasteiger partial charge is 0.300 e. The van der Waals surface area contributed by atoms with Crippen LogP contribution in [0.1, 0.15) is 49.1 Å². The van der Waals surface area contributed by atoms with Crippen molar-refractivity contribution in [2.75, 3.05) is 19.1 Å².